The number of ether oxygens (including phenoxy) is 1. The van der Waals surface area contributed by atoms with Crippen molar-refractivity contribution in [2.45, 2.75) is 18.2 Å². The van der Waals surface area contributed by atoms with Gasteiger partial charge in [0.1, 0.15) is 23.1 Å². The Hall–Kier alpha value is -2.48. The summed E-state index contributed by atoms with van der Waals surface area (Å²) >= 11 is 13.2. The van der Waals surface area contributed by atoms with E-state index in [1.54, 1.807) is 59.3 Å². The highest BCUT2D eigenvalue weighted by Crippen LogP contribution is 2.24. The smallest absolute Gasteiger partial charge is 0.234 e. The van der Waals surface area contributed by atoms with Crippen LogP contribution in [0.2, 0.25) is 10.0 Å². The summed E-state index contributed by atoms with van der Waals surface area (Å²) in [4.78, 5) is 12.3. The van der Waals surface area contributed by atoms with Gasteiger partial charge in [-0.25, -0.2) is 4.68 Å². The van der Waals surface area contributed by atoms with Crippen LogP contribution in [0.4, 0.5) is 5.69 Å². The molecule has 0 saturated heterocycles. The highest BCUT2D eigenvalue weighted by molar-refractivity contribution is 8.00. The number of amides is 1. The molecule has 0 aliphatic heterocycles. The molecule has 0 bridgehead atoms. The second-order valence-corrected chi connectivity index (χ2v) is 7.74. The number of hydrogen-bond acceptors (Lipinski definition) is 5. The minimum atomic E-state index is -0.159. The summed E-state index contributed by atoms with van der Waals surface area (Å²) in [6.07, 6.45) is 1.72. The summed E-state index contributed by atoms with van der Waals surface area (Å²) in [6.45, 7) is 4.43. The van der Waals surface area contributed by atoms with Crippen LogP contribution < -0.4 is 10.1 Å². The Morgan fingerprint density at radius 2 is 2.00 bits per heavy atom. The molecule has 1 heterocycles. The molecular weight excluding hydrogens is 431 g/mol. The zero-order valence-corrected chi connectivity index (χ0v) is 17.7. The van der Waals surface area contributed by atoms with Crippen molar-refractivity contribution in [3.05, 3.63) is 76.9 Å². The molecule has 1 amide bonds. The maximum absolute atomic E-state index is 12.3. The topological polar surface area (TPSA) is 69.0 Å². The quantitative estimate of drug-likeness (QED) is 0.365. The number of nitrogens with one attached hydrogen (secondary N) is 1. The number of nitrogens with zero attached hydrogens (tertiary/aromatic N) is 3. The van der Waals surface area contributed by atoms with Crippen molar-refractivity contribution >= 4 is 46.6 Å². The fraction of sp³-hybridized carbons (Fsp3) is 0.150. The molecule has 0 unspecified atom stereocenters. The van der Waals surface area contributed by atoms with Crippen LogP contribution in [0.15, 0.2) is 66.2 Å². The van der Waals surface area contributed by atoms with E-state index in [9.17, 15) is 4.79 Å². The third-order valence-corrected chi connectivity index (χ3v) is 5.31. The van der Waals surface area contributed by atoms with Crippen LogP contribution in [-0.4, -0.2) is 26.7 Å². The Bertz CT molecular complexity index is 992. The summed E-state index contributed by atoms with van der Waals surface area (Å²) in [5, 5.41) is 13.1. The number of benzene rings is 2. The van der Waals surface area contributed by atoms with Crippen LogP contribution >= 0.6 is 35.0 Å². The molecule has 1 aromatic heterocycles. The van der Waals surface area contributed by atoms with E-state index in [-0.39, 0.29) is 18.3 Å². The van der Waals surface area contributed by atoms with Crippen molar-refractivity contribution < 1.29 is 9.53 Å². The molecule has 150 valence electrons. The van der Waals surface area contributed by atoms with Crippen molar-refractivity contribution in [1.82, 2.24) is 15.0 Å². The first-order valence-electron chi connectivity index (χ1n) is 8.65. The molecule has 0 radical (unpaired) electrons. The fourth-order valence-corrected chi connectivity index (χ4v) is 3.59. The predicted octanol–water partition coefficient (Wildman–Crippen LogP) is 5.08. The lowest BCUT2D eigenvalue weighted by Gasteiger charge is -2.09. The van der Waals surface area contributed by atoms with Crippen molar-refractivity contribution in [2.24, 2.45) is 0 Å². The van der Waals surface area contributed by atoms with Gasteiger partial charge in [-0.05, 0) is 42.5 Å². The van der Waals surface area contributed by atoms with E-state index in [1.165, 1.54) is 11.8 Å². The Balaban J connectivity index is 1.64. The van der Waals surface area contributed by atoms with Crippen molar-refractivity contribution in [3.8, 4) is 5.75 Å². The van der Waals surface area contributed by atoms with Gasteiger partial charge in [0.05, 0.1) is 12.3 Å². The van der Waals surface area contributed by atoms with Crippen molar-refractivity contribution in [3.63, 3.8) is 0 Å². The van der Waals surface area contributed by atoms with E-state index < -0.39 is 0 Å². The van der Waals surface area contributed by atoms with Gasteiger partial charge in [0, 0.05) is 15.7 Å². The van der Waals surface area contributed by atoms with Gasteiger partial charge >= 0.3 is 0 Å². The lowest BCUT2D eigenvalue weighted by atomic mass is 10.3. The maximum atomic E-state index is 12.3. The Kier molecular flexibility index (Phi) is 7.57. The van der Waals surface area contributed by atoms with Crippen molar-refractivity contribution in [2.75, 3.05) is 11.1 Å². The van der Waals surface area contributed by atoms with E-state index >= 15 is 0 Å². The van der Waals surface area contributed by atoms with Crippen LogP contribution in [0, 0.1) is 0 Å². The SMILES string of the molecule is C=CCn1nnc(COc2ccc(Cl)cc2)c1SCC(=O)Nc1cccc(Cl)c1. The summed E-state index contributed by atoms with van der Waals surface area (Å²) in [5.41, 5.74) is 1.29. The standard InChI is InChI=1S/C20H18Cl2N4O2S/c1-2-10-26-20(29-13-19(27)23-16-5-3-4-15(22)11-16)18(24-25-26)12-28-17-8-6-14(21)7-9-17/h2-9,11H,1,10,12-13H2,(H,23,27). The third-order valence-electron chi connectivity index (χ3n) is 3.69. The average molecular weight is 449 g/mol. The number of thioether (sulfide) groups is 1. The highest BCUT2D eigenvalue weighted by Gasteiger charge is 2.16. The second-order valence-electron chi connectivity index (χ2n) is 5.90. The summed E-state index contributed by atoms with van der Waals surface area (Å²) in [5.74, 6) is 0.695. The number of carbonyl (C=O) groups excluding carboxylic acids is 1. The van der Waals surface area contributed by atoms with Gasteiger partial charge in [-0.3, -0.25) is 4.79 Å². The monoisotopic (exact) mass is 448 g/mol. The number of hydrogen-bond donors (Lipinski definition) is 1. The number of allylic oxidation sites excluding steroid dienone is 1. The first-order chi connectivity index (χ1) is 14.0. The van der Waals surface area contributed by atoms with Gasteiger partial charge in [-0.15, -0.1) is 11.7 Å². The first-order valence-corrected chi connectivity index (χ1v) is 10.4. The molecule has 29 heavy (non-hydrogen) atoms. The van der Waals surface area contributed by atoms with Gasteiger partial charge in [-0.2, -0.15) is 0 Å². The van der Waals surface area contributed by atoms with E-state index in [4.69, 9.17) is 27.9 Å². The highest BCUT2D eigenvalue weighted by atomic mass is 35.5. The molecule has 0 spiro atoms. The molecular formula is C20H18Cl2N4O2S. The molecule has 3 aromatic rings. The molecule has 0 aliphatic rings. The molecule has 6 nitrogen and oxygen atoms in total. The van der Waals surface area contributed by atoms with Crippen LogP contribution in [-0.2, 0) is 17.9 Å². The molecule has 2 aromatic carbocycles. The first kappa shape index (κ1) is 21.2. The van der Waals surface area contributed by atoms with E-state index in [0.717, 1.165) is 5.03 Å². The maximum Gasteiger partial charge on any atom is 0.234 e. The van der Waals surface area contributed by atoms with Gasteiger partial charge in [-0.1, -0.05) is 52.3 Å². The Morgan fingerprint density at radius 3 is 2.72 bits per heavy atom. The van der Waals surface area contributed by atoms with E-state index in [0.29, 0.717) is 33.7 Å². The summed E-state index contributed by atoms with van der Waals surface area (Å²) < 4.78 is 7.45. The molecule has 1 N–H and O–H groups in total. The third kappa shape index (κ3) is 6.25. The molecule has 0 fully saturated rings. The van der Waals surface area contributed by atoms with Crippen LogP contribution in [0.3, 0.4) is 0 Å². The van der Waals surface area contributed by atoms with Crippen molar-refractivity contribution in [1.29, 1.82) is 0 Å². The fourth-order valence-electron chi connectivity index (χ4n) is 2.41. The zero-order valence-electron chi connectivity index (χ0n) is 15.3. The molecule has 0 aliphatic carbocycles. The number of halogens is 2. The molecule has 0 atom stereocenters. The van der Waals surface area contributed by atoms with Crippen LogP contribution in [0.25, 0.3) is 0 Å². The van der Waals surface area contributed by atoms with Gasteiger partial charge < -0.3 is 10.1 Å². The molecule has 9 heteroatoms. The normalized spacial score (nSPS) is 10.6. The van der Waals surface area contributed by atoms with Gasteiger partial charge in [0.25, 0.3) is 0 Å². The number of anilines is 1. The molecule has 3 rings (SSSR count). The zero-order chi connectivity index (χ0) is 20.6. The number of aromatic nitrogens is 3. The Labute approximate surface area is 182 Å². The van der Waals surface area contributed by atoms with Gasteiger partial charge in [0.2, 0.25) is 5.91 Å². The lowest BCUT2D eigenvalue weighted by molar-refractivity contribution is -0.113. The predicted molar refractivity (Wildman–Crippen MR) is 117 cm³/mol. The number of rotatable bonds is 9. The minimum Gasteiger partial charge on any atom is -0.487 e. The largest absolute Gasteiger partial charge is 0.487 e. The minimum absolute atomic E-state index is 0.159. The summed E-state index contributed by atoms with van der Waals surface area (Å²) in [6, 6.07) is 14.1. The van der Waals surface area contributed by atoms with E-state index in [2.05, 4.69) is 22.2 Å². The van der Waals surface area contributed by atoms with E-state index in [1.807, 2.05) is 0 Å². The lowest BCUT2D eigenvalue weighted by Crippen LogP contribution is -2.15. The number of carbonyl (C=O) groups is 1. The molecule has 0 saturated carbocycles. The average Bonchev–Trinajstić information content (AvgIpc) is 3.08. The van der Waals surface area contributed by atoms with Crippen LogP contribution in [0.1, 0.15) is 5.69 Å². The van der Waals surface area contributed by atoms with Crippen LogP contribution in [0.5, 0.6) is 5.75 Å². The Morgan fingerprint density at radius 1 is 1.21 bits per heavy atom. The second kappa shape index (κ2) is 10.3. The van der Waals surface area contributed by atoms with Gasteiger partial charge in [0.15, 0.2) is 0 Å². The summed E-state index contributed by atoms with van der Waals surface area (Å²) in [7, 11) is 0.